The summed E-state index contributed by atoms with van der Waals surface area (Å²) in [4.78, 5) is 91.6. The van der Waals surface area contributed by atoms with E-state index in [0.29, 0.717) is 18.4 Å². The van der Waals surface area contributed by atoms with Crippen LogP contribution < -0.4 is 21.3 Å². The highest BCUT2D eigenvalue weighted by Crippen LogP contribution is 2.26. The van der Waals surface area contributed by atoms with Gasteiger partial charge in [-0.05, 0) is 36.5 Å². The van der Waals surface area contributed by atoms with Crippen LogP contribution in [0.4, 0.5) is 10.5 Å². The molecule has 3 aromatic rings. The highest BCUT2D eigenvalue weighted by Gasteiger charge is 2.45. The van der Waals surface area contributed by atoms with Gasteiger partial charge in [-0.25, -0.2) is 14.8 Å². The number of likely N-dealkylation sites (tertiary alicyclic amines) is 1. The van der Waals surface area contributed by atoms with Crippen LogP contribution in [-0.2, 0) is 23.9 Å². The number of benzene rings is 1. The Morgan fingerprint density at radius 3 is 2.42 bits per heavy atom. The van der Waals surface area contributed by atoms with Crippen LogP contribution in [0, 0.1) is 11.8 Å². The van der Waals surface area contributed by atoms with Crippen molar-refractivity contribution in [2.45, 2.75) is 77.7 Å². The van der Waals surface area contributed by atoms with Crippen molar-refractivity contribution in [2.75, 3.05) is 11.9 Å². The fourth-order valence-corrected chi connectivity index (χ4v) is 5.94. The van der Waals surface area contributed by atoms with Crippen LogP contribution in [0.5, 0.6) is 0 Å². The maximum absolute atomic E-state index is 14.1. The first kappa shape index (κ1) is 35.9. The molecule has 0 radical (unpaired) electrons. The molecule has 1 aliphatic heterocycles. The van der Waals surface area contributed by atoms with E-state index in [9.17, 15) is 28.8 Å². The third-order valence-electron chi connectivity index (χ3n) is 7.89. The molecule has 5 amide bonds. The molecule has 256 valence electrons. The largest absolute Gasteiger partial charge is 0.444 e. The number of rotatable bonds is 13. The molecule has 0 bridgehead atoms. The zero-order valence-electron chi connectivity index (χ0n) is 27.3. The number of nitrogens with zero attached hydrogens (tertiary/aromatic N) is 4. The molecule has 0 saturated carbocycles. The average Bonchev–Trinajstić information content (AvgIpc) is 3.71. The predicted octanol–water partition coefficient (Wildman–Crippen LogP) is 2.29. The Balaban J connectivity index is 1.50. The SMILES string of the molecule is CC[C@@H](C=O)NC(=O)[C@@H]1C[C@@H](OC(=O)Nc2ccc3ncsc3c2)CN1C(=O)[C@@H](NC(=O)[C@@H](NC(=O)c1cnccn1)C(C)C)C(C)C. The van der Waals surface area contributed by atoms with Gasteiger partial charge in [0, 0.05) is 24.5 Å². The highest BCUT2D eigenvalue weighted by molar-refractivity contribution is 7.16. The summed E-state index contributed by atoms with van der Waals surface area (Å²) >= 11 is 1.42. The van der Waals surface area contributed by atoms with E-state index >= 15 is 0 Å². The number of hydrogen-bond acceptors (Lipinski definition) is 11. The van der Waals surface area contributed by atoms with Crippen molar-refractivity contribution in [2.24, 2.45) is 11.8 Å². The Labute approximate surface area is 281 Å². The first-order valence-electron chi connectivity index (χ1n) is 15.7. The number of aromatic nitrogens is 3. The third kappa shape index (κ3) is 8.87. The molecule has 16 heteroatoms. The van der Waals surface area contributed by atoms with E-state index in [2.05, 4.69) is 36.2 Å². The quantitative estimate of drug-likeness (QED) is 0.194. The van der Waals surface area contributed by atoms with Crippen LogP contribution in [0.25, 0.3) is 10.2 Å². The number of nitrogens with one attached hydrogen (secondary N) is 4. The van der Waals surface area contributed by atoms with Crippen LogP contribution in [0.2, 0.25) is 0 Å². The molecule has 0 aliphatic carbocycles. The van der Waals surface area contributed by atoms with E-state index in [1.54, 1.807) is 58.3 Å². The lowest BCUT2D eigenvalue weighted by atomic mass is 9.98. The summed E-state index contributed by atoms with van der Waals surface area (Å²) in [6.45, 7) is 8.55. The Morgan fingerprint density at radius 1 is 1.02 bits per heavy atom. The van der Waals surface area contributed by atoms with Crippen LogP contribution in [-0.4, -0.2) is 92.7 Å². The maximum Gasteiger partial charge on any atom is 0.411 e. The molecule has 4 N–H and O–H groups in total. The maximum atomic E-state index is 14.1. The van der Waals surface area contributed by atoms with Gasteiger partial charge in [-0.15, -0.1) is 11.3 Å². The van der Waals surface area contributed by atoms with Gasteiger partial charge in [0.05, 0.1) is 34.5 Å². The van der Waals surface area contributed by atoms with Crippen LogP contribution in [0.1, 0.15) is 57.9 Å². The van der Waals surface area contributed by atoms with Crippen LogP contribution in [0.3, 0.4) is 0 Å². The normalized spacial score (nSPS) is 17.8. The number of anilines is 1. The van der Waals surface area contributed by atoms with Crippen molar-refractivity contribution in [1.82, 2.24) is 35.8 Å². The number of aldehydes is 1. The van der Waals surface area contributed by atoms with Gasteiger partial charge in [0.25, 0.3) is 5.91 Å². The molecule has 1 fully saturated rings. The minimum absolute atomic E-state index is 0.0261. The number of hydrogen-bond donors (Lipinski definition) is 4. The second-order valence-electron chi connectivity index (χ2n) is 12.1. The number of ether oxygens (including phenoxy) is 1. The van der Waals surface area contributed by atoms with E-state index in [-0.39, 0.29) is 24.6 Å². The Morgan fingerprint density at radius 2 is 1.77 bits per heavy atom. The molecular formula is C32H40N8O7S. The van der Waals surface area contributed by atoms with E-state index < -0.39 is 65.9 Å². The summed E-state index contributed by atoms with van der Waals surface area (Å²) in [7, 11) is 0. The van der Waals surface area contributed by atoms with Gasteiger partial charge in [0.2, 0.25) is 17.7 Å². The topological polar surface area (TPSA) is 202 Å². The molecule has 0 spiro atoms. The van der Waals surface area contributed by atoms with Gasteiger partial charge in [-0.3, -0.25) is 29.5 Å². The van der Waals surface area contributed by atoms with Crippen molar-refractivity contribution in [3.63, 3.8) is 0 Å². The zero-order chi connectivity index (χ0) is 35.0. The molecule has 4 rings (SSSR count). The zero-order valence-corrected chi connectivity index (χ0v) is 28.2. The Kier molecular flexibility index (Phi) is 12.1. The first-order valence-corrected chi connectivity index (χ1v) is 16.5. The van der Waals surface area contributed by atoms with Crippen LogP contribution >= 0.6 is 11.3 Å². The van der Waals surface area contributed by atoms with Gasteiger partial charge in [-0.1, -0.05) is 34.6 Å². The minimum Gasteiger partial charge on any atom is -0.444 e. The second-order valence-corrected chi connectivity index (χ2v) is 13.0. The van der Waals surface area contributed by atoms with Crippen LogP contribution in [0.15, 0.2) is 42.3 Å². The molecule has 1 aromatic carbocycles. The highest BCUT2D eigenvalue weighted by atomic mass is 32.1. The van der Waals surface area contributed by atoms with Gasteiger partial charge in [0.15, 0.2) is 0 Å². The number of carbonyl (C=O) groups is 6. The molecule has 2 aromatic heterocycles. The lowest BCUT2D eigenvalue weighted by Crippen LogP contribution is -2.59. The van der Waals surface area contributed by atoms with Crippen molar-refractivity contribution in [1.29, 1.82) is 0 Å². The standard InChI is InChI=1S/C32H40N8O7S/c1-6-19(15-41)36-29(43)24-12-21(47-32(46)37-20-7-8-22-25(11-20)48-16-35-22)14-40(24)31(45)27(18(4)5)39-30(44)26(17(2)3)38-28(42)23-13-33-9-10-34-23/h7-11,13,15-19,21,24,26-27H,6,12,14H2,1-5H3,(H,36,43)(H,37,46)(H,38,42)(H,39,44)/t19-,21+,24-,26-,27-/m0/s1. The van der Waals surface area contributed by atoms with Crippen molar-refractivity contribution in [3.05, 3.63) is 48.0 Å². The molecule has 0 unspecified atom stereocenters. The Hall–Kier alpha value is -4.99. The number of amides is 5. The molecular weight excluding hydrogens is 640 g/mol. The monoisotopic (exact) mass is 680 g/mol. The molecule has 15 nitrogen and oxygen atoms in total. The molecule has 1 aliphatic rings. The van der Waals surface area contributed by atoms with E-state index in [1.807, 2.05) is 0 Å². The first-order chi connectivity index (χ1) is 22.9. The lowest BCUT2D eigenvalue weighted by molar-refractivity contribution is -0.143. The molecule has 5 atom stereocenters. The van der Waals surface area contributed by atoms with Crippen molar-refractivity contribution in [3.8, 4) is 0 Å². The van der Waals surface area contributed by atoms with Gasteiger partial charge in [-0.2, -0.15) is 0 Å². The average molecular weight is 681 g/mol. The summed E-state index contributed by atoms with van der Waals surface area (Å²) in [5, 5.41) is 10.7. The molecule has 3 heterocycles. The molecule has 48 heavy (non-hydrogen) atoms. The third-order valence-corrected chi connectivity index (χ3v) is 8.69. The van der Waals surface area contributed by atoms with Gasteiger partial charge in [0.1, 0.15) is 36.2 Å². The summed E-state index contributed by atoms with van der Waals surface area (Å²) in [5.74, 6) is -3.17. The fourth-order valence-electron chi connectivity index (χ4n) is 5.22. The van der Waals surface area contributed by atoms with E-state index in [4.69, 9.17) is 4.74 Å². The van der Waals surface area contributed by atoms with Gasteiger partial charge < -0.3 is 30.4 Å². The summed E-state index contributed by atoms with van der Waals surface area (Å²) in [5.41, 5.74) is 3.00. The van der Waals surface area contributed by atoms with E-state index in [1.165, 1.54) is 34.8 Å². The van der Waals surface area contributed by atoms with Crippen molar-refractivity contribution < 1.29 is 33.5 Å². The summed E-state index contributed by atoms with van der Waals surface area (Å²) in [6.07, 6.45) is 3.32. The fraction of sp³-hybridized carbons (Fsp3) is 0.469. The number of thiazole rings is 1. The summed E-state index contributed by atoms with van der Waals surface area (Å²) in [6, 6.07) is 1.22. The van der Waals surface area contributed by atoms with Crippen molar-refractivity contribution >= 4 is 63.2 Å². The number of carbonyl (C=O) groups excluding carboxylic acids is 6. The van der Waals surface area contributed by atoms with E-state index in [0.717, 1.165) is 10.2 Å². The van der Waals surface area contributed by atoms with Gasteiger partial charge >= 0.3 is 6.09 Å². The number of fused-ring (bicyclic) bond motifs is 1. The molecule has 1 saturated heterocycles. The smallest absolute Gasteiger partial charge is 0.411 e. The Bertz CT molecular complexity index is 1630. The predicted molar refractivity (Wildman–Crippen MR) is 177 cm³/mol. The summed E-state index contributed by atoms with van der Waals surface area (Å²) < 4.78 is 6.53. The lowest BCUT2D eigenvalue weighted by Gasteiger charge is -2.32. The second kappa shape index (κ2) is 16.2. The minimum atomic E-state index is -1.10.